The van der Waals surface area contributed by atoms with E-state index >= 15 is 0 Å². The van der Waals surface area contributed by atoms with Gasteiger partial charge in [0.1, 0.15) is 11.5 Å². The zero-order valence-corrected chi connectivity index (χ0v) is 14.6. The second kappa shape index (κ2) is 5.07. The zero-order valence-electron chi connectivity index (χ0n) is 14.6. The van der Waals surface area contributed by atoms with Crippen molar-refractivity contribution in [3.05, 3.63) is 0 Å². The number of hydrogen-bond donors (Lipinski definition) is 0. The van der Waals surface area contributed by atoms with Crippen molar-refractivity contribution in [2.75, 3.05) is 0 Å². The van der Waals surface area contributed by atoms with Crippen molar-refractivity contribution >= 4 is 11.8 Å². The largest absolute Gasteiger partial charge is 0.461 e. The van der Waals surface area contributed by atoms with Crippen LogP contribution in [-0.2, 0) is 14.3 Å². The van der Waals surface area contributed by atoms with Crippen molar-refractivity contribution in [3.63, 3.8) is 0 Å². The molecule has 3 fully saturated rings. The van der Waals surface area contributed by atoms with Crippen molar-refractivity contribution in [1.29, 1.82) is 0 Å². The summed E-state index contributed by atoms with van der Waals surface area (Å²) in [6, 6.07) is 0. The predicted octanol–water partition coefficient (Wildman–Crippen LogP) is 4.00. The Bertz CT molecular complexity index is 493. The van der Waals surface area contributed by atoms with Crippen LogP contribution in [0.5, 0.6) is 0 Å². The first kappa shape index (κ1) is 16.0. The van der Waals surface area contributed by atoms with E-state index in [0.717, 1.165) is 19.3 Å². The Hall–Kier alpha value is -0.860. The monoisotopic (exact) mass is 306 g/mol. The molecule has 0 aliphatic heterocycles. The van der Waals surface area contributed by atoms with E-state index in [1.54, 1.807) is 0 Å². The molecule has 0 spiro atoms. The smallest absolute Gasteiger partial charge is 0.320 e. The molecule has 3 nitrogen and oxygen atoms in total. The number of fused-ring (bicyclic) bond motifs is 1. The van der Waals surface area contributed by atoms with Crippen LogP contribution in [0, 0.1) is 34.5 Å². The molecule has 0 bridgehead atoms. The van der Waals surface area contributed by atoms with Gasteiger partial charge in [-0.05, 0) is 48.3 Å². The second-order valence-electron chi connectivity index (χ2n) is 8.81. The molecule has 0 heterocycles. The number of carbonyl (C=O) groups excluding carboxylic acids is 2. The number of ether oxygens (including phenoxy) is 1. The van der Waals surface area contributed by atoms with Crippen molar-refractivity contribution < 1.29 is 14.3 Å². The molecule has 22 heavy (non-hydrogen) atoms. The Morgan fingerprint density at radius 3 is 2.45 bits per heavy atom. The van der Waals surface area contributed by atoms with Crippen molar-refractivity contribution in [2.45, 2.75) is 72.8 Å². The lowest BCUT2D eigenvalue weighted by Crippen LogP contribution is -2.40. The van der Waals surface area contributed by atoms with Gasteiger partial charge in [-0.3, -0.25) is 9.59 Å². The van der Waals surface area contributed by atoms with E-state index in [9.17, 15) is 9.59 Å². The first-order valence-corrected chi connectivity index (χ1v) is 8.97. The van der Waals surface area contributed by atoms with Gasteiger partial charge < -0.3 is 4.74 Å². The molecule has 0 amide bonds. The van der Waals surface area contributed by atoms with Crippen LogP contribution in [0.15, 0.2) is 0 Å². The minimum absolute atomic E-state index is 0.00363. The third kappa shape index (κ3) is 2.00. The van der Waals surface area contributed by atoms with Crippen LogP contribution in [0.3, 0.4) is 0 Å². The fourth-order valence-corrected chi connectivity index (χ4v) is 5.47. The van der Waals surface area contributed by atoms with Gasteiger partial charge in [0.15, 0.2) is 5.78 Å². The number of Topliss-reactive ketones (excluding diaryl/α,β-unsaturated/α-hetero) is 1. The Morgan fingerprint density at radius 1 is 1.23 bits per heavy atom. The van der Waals surface area contributed by atoms with Crippen LogP contribution in [0.4, 0.5) is 0 Å². The van der Waals surface area contributed by atoms with Gasteiger partial charge in [0.05, 0.1) is 0 Å². The average molecular weight is 306 g/mol. The van der Waals surface area contributed by atoms with E-state index < -0.39 is 5.41 Å². The standard InChI is InChI=1S/C19H30O3/c1-11(2)13-7-6-12(3)10-14(13)22-17(21)19-15(18(19,4)5)8-9-16(19)20/h11-15H,6-10H2,1-5H3/t12-,13-,14+,15-,19-/m1/s1. The molecule has 0 N–H and O–H groups in total. The van der Waals surface area contributed by atoms with Crippen LogP contribution in [-0.4, -0.2) is 17.9 Å². The lowest BCUT2D eigenvalue weighted by atomic mass is 9.75. The molecule has 3 heteroatoms. The quantitative estimate of drug-likeness (QED) is 0.585. The molecule has 3 rings (SSSR count). The normalized spacial score (nSPS) is 43.1. The Labute approximate surface area is 134 Å². The Kier molecular flexibility index (Phi) is 3.69. The summed E-state index contributed by atoms with van der Waals surface area (Å²) in [5.74, 6) is 1.68. The van der Waals surface area contributed by atoms with E-state index in [-0.39, 0.29) is 29.2 Å². The maximum absolute atomic E-state index is 12.9. The van der Waals surface area contributed by atoms with E-state index in [1.165, 1.54) is 6.42 Å². The summed E-state index contributed by atoms with van der Waals surface area (Å²) in [4.78, 5) is 25.4. The predicted molar refractivity (Wildman–Crippen MR) is 85.2 cm³/mol. The van der Waals surface area contributed by atoms with E-state index in [2.05, 4.69) is 34.6 Å². The summed E-state index contributed by atoms with van der Waals surface area (Å²) in [6.07, 6.45) is 4.70. The minimum atomic E-state index is -0.810. The molecule has 0 saturated heterocycles. The lowest BCUT2D eigenvalue weighted by Gasteiger charge is -2.37. The fraction of sp³-hybridized carbons (Fsp3) is 0.895. The van der Waals surface area contributed by atoms with E-state index in [0.29, 0.717) is 24.2 Å². The Morgan fingerprint density at radius 2 is 1.91 bits per heavy atom. The van der Waals surface area contributed by atoms with Crippen molar-refractivity contribution in [2.24, 2.45) is 34.5 Å². The summed E-state index contributed by atoms with van der Waals surface area (Å²) < 4.78 is 6.01. The fourth-order valence-electron chi connectivity index (χ4n) is 5.47. The summed E-state index contributed by atoms with van der Waals surface area (Å²) in [5.41, 5.74) is -1.01. The molecule has 3 saturated carbocycles. The third-order valence-electron chi connectivity index (χ3n) is 6.97. The van der Waals surface area contributed by atoms with Crippen LogP contribution in [0.1, 0.15) is 66.7 Å². The highest BCUT2D eigenvalue weighted by Crippen LogP contribution is 2.75. The maximum Gasteiger partial charge on any atom is 0.320 e. The molecule has 124 valence electrons. The lowest BCUT2D eigenvalue weighted by molar-refractivity contribution is -0.166. The average Bonchev–Trinajstić information content (AvgIpc) is 2.72. The Balaban J connectivity index is 1.77. The summed E-state index contributed by atoms with van der Waals surface area (Å²) in [5, 5.41) is 0. The molecular formula is C19H30O3. The number of carbonyl (C=O) groups is 2. The molecule has 0 aromatic rings. The highest BCUT2D eigenvalue weighted by molar-refractivity contribution is 6.10. The van der Waals surface area contributed by atoms with Crippen molar-refractivity contribution in [1.82, 2.24) is 0 Å². The number of ketones is 1. The van der Waals surface area contributed by atoms with Gasteiger partial charge in [0, 0.05) is 6.42 Å². The molecule has 3 aliphatic carbocycles. The van der Waals surface area contributed by atoms with Gasteiger partial charge in [-0.15, -0.1) is 0 Å². The van der Waals surface area contributed by atoms with Crippen LogP contribution >= 0.6 is 0 Å². The second-order valence-corrected chi connectivity index (χ2v) is 8.81. The van der Waals surface area contributed by atoms with Crippen LogP contribution in [0.2, 0.25) is 0 Å². The molecule has 3 aliphatic rings. The highest BCUT2D eigenvalue weighted by atomic mass is 16.5. The minimum Gasteiger partial charge on any atom is -0.461 e. The summed E-state index contributed by atoms with van der Waals surface area (Å²) in [6.45, 7) is 10.8. The van der Waals surface area contributed by atoms with Gasteiger partial charge in [-0.25, -0.2) is 0 Å². The van der Waals surface area contributed by atoms with Crippen molar-refractivity contribution in [3.8, 4) is 0 Å². The molecule has 5 atom stereocenters. The molecular weight excluding hydrogens is 276 g/mol. The number of hydrogen-bond acceptors (Lipinski definition) is 3. The van der Waals surface area contributed by atoms with Gasteiger partial charge in [0.25, 0.3) is 0 Å². The SMILES string of the molecule is CC(C)[C@H]1CC[C@@H](C)C[C@@H]1OC(=O)[C@]12C(=O)CC[C@@H]1C2(C)C. The maximum atomic E-state index is 12.9. The van der Waals surface area contributed by atoms with Gasteiger partial charge in [0.2, 0.25) is 0 Å². The van der Waals surface area contributed by atoms with Gasteiger partial charge >= 0.3 is 5.97 Å². The van der Waals surface area contributed by atoms with Crippen LogP contribution < -0.4 is 0 Å². The summed E-state index contributed by atoms with van der Waals surface area (Å²) in [7, 11) is 0. The van der Waals surface area contributed by atoms with Gasteiger partial charge in [-0.1, -0.05) is 41.0 Å². The third-order valence-corrected chi connectivity index (χ3v) is 6.97. The first-order chi connectivity index (χ1) is 10.2. The first-order valence-electron chi connectivity index (χ1n) is 8.97. The molecule has 0 aromatic carbocycles. The molecule has 0 unspecified atom stereocenters. The van der Waals surface area contributed by atoms with E-state index in [1.807, 2.05) is 0 Å². The zero-order chi connectivity index (χ0) is 16.3. The highest BCUT2D eigenvalue weighted by Gasteiger charge is 2.82. The van der Waals surface area contributed by atoms with Gasteiger partial charge in [-0.2, -0.15) is 0 Å². The topological polar surface area (TPSA) is 43.4 Å². The van der Waals surface area contributed by atoms with E-state index in [4.69, 9.17) is 4.74 Å². The number of rotatable bonds is 3. The molecule has 0 radical (unpaired) electrons. The number of esters is 1. The molecule has 0 aromatic heterocycles. The van der Waals surface area contributed by atoms with Crippen LogP contribution in [0.25, 0.3) is 0 Å². The summed E-state index contributed by atoms with van der Waals surface area (Å²) >= 11 is 0.